The highest BCUT2D eigenvalue weighted by molar-refractivity contribution is 5.14. The van der Waals surface area contributed by atoms with Gasteiger partial charge in [-0.05, 0) is 44.5 Å². The third-order valence-corrected chi connectivity index (χ3v) is 3.59. The molecule has 1 aromatic rings. The SMILES string of the molecule is c1ccc(CCCNCCCN2CCOCC2)cc1. The molecule has 3 heteroatoms. The molecule has 0 atom stereocenters. The van der Waals surface area contributed by atoms with Crippen molar-refractivity contribution in [3.63, 3.8) is 0 Å². The molecule has 1 aromatic carbocycles. The molecule has 0 amide bonds. The molecule has 1 aliphatic heterocycles. The van der Waals surface area contributed by atoms with Gasteiger partial charge in [-0.2, -0.15) is 0 Å². The fourth-order valence-electron chi connectivity index (χ4n) is 2.44. The Morgan fingerprint density at radius 1 is 1.00 bits per heavy atom. The molecule has 0 aliphatic carbocycles. The largest absolute Gasteiger partial charge is 0.379 e. The van der Waals surface area contributed by atoms with Crippen LogP contribution in [0.15, 0.2) is 30.3 Å². The fraction of sp³-hybridized carbons (Fsp3) is 0.625. The highest BCUT2D eigenvalue weighted by Gasteiger charge is 2.08. The van der Waals surface area contributed by atoms with Gasteiger partial charge in [-0.1, -0.05) is 30.3 Å². The van der Waals surface area contributed by atoms with Crippen LogP contribution in [0.2, 0.25) is 0 Å². The minimum absolute atomic E-state index is 0.907. The number of aryl methyl sites for hydroxylation is 1. The molecule has 3 nitrogen and oxygen atoms in total. The monoisotopic (exact) mass is 262 g/mol. The average Bonchev–Trinajstić information content (AvgIpc) is 2.48. The van der Waals surface area contributed by atoms with Gasteiger partial charge in [-0.15, -0.1) is 0 Å². The van der Waals surface area contributed by atoms with Crippen LogP contribution < -0.4 is 5.32 Å². The number of hydrogen-bond acceptors (Lipinski definition) is 3. The molecule has 0 spiro atoms. The lowest BCUT2D eigenvalue weighted by Gasteiger charge is -2.26. The summed E-state index contributed by atoms with van der Waals surface area (Å²) < 4.78 is 5.34. The van der Waals surface area contributed by atoms with Gasteiger partial charge in [0, 0.05) is 13.1 Å². The number of benzene rings is 1. The maximum atomic E-state index is 5.34. The van der Waals surface area contributed by atoms with Crippen molar-refractivity contribution in [1.82, 2.24) is 10.2 Å². The van der Waals surface area contributed by atoms with Gasteiger partial charge in [0.25, 0.3) is 0 Å². The Morgan fingerprint density at radius 3 is 2.53 bits per heavy atom. The van der Waals surface area contributed by atoms with E-state index in [9.17, 15) is 0 Å². The summed E-state index contributed by atoms with van der Waals surface area (Å²) in [4.78, 5) is 2.50. The van der Waals surface area contributed by atoms with E-state index in [2.05, 4.69) is 40.5 Å². The molecular formula is C16H26N2O. The molecule has 1 heterocycles. The van der Waals surface area contributed by atoms with Crippen molar-refractivity contribution in [3.05, 3.63) is 35.9 Å². The Kier molecular flexibility index (Phi) is 6.93. The van der Waals surface area contributed by atoms with Crippen LogP contribution >= 0.6 is 0 Å². The van der Waals surface area contributed by atoms with E-state index >= 15 is 0 Å². The predicted octanol–water partition coefficient (Wildman–Crippen LogP) is 1.93. The van der Waals surface area contributed by atoms with E-state index in [1.54, 1.807) is 0 Å². The van der Waals surface area contributed by atoms with E-state index in [-0.39, 0.29) is 0 Å². The molecule has 1 saturated heterocycles. The standard InChI is InChI=1S/C16H26N2O/c1-2-6-16(7-3-1)8-4-9-17-10-5-11-18-12-14-19-15-13-18/h1-3,6-7,17H,4-5,8-15H2. The zero-order chi connectivity index (χ0) is 13.2. The number of nitrogens with one attached hydrogen (secondary N) is 1. The Morgan fingerprint density at radius 2 is 1.74 bits per heavy atom. The molecule has 0 unspecified atom stereocenters. The Labute approximate surface area is 116 Å². The van der Waals surface area contributed by atoms with Gasteiger partial charge in [0.05, 0.1) is 13.2 Å². The summed E-state index contributed by atoms with van der Waals surface area (Å²) in [6, 6.07) is 10.7. The van der Waals surface area contributed by atoms with Crippen LogP contribution in [0, 0.1) is 0 Å². The first kappa shape index (κ1) is 14.5. The molecule has 106 valence electrons. The van der Waals surface area contributed by atoms with Crippen molar-refractivity contribution in [3.8, 4) is 0 Å². The Bertz CT molecular complexity index is 323. The van der Waals surface area contributed by atoms with Crippen molar-refractivity contribution in [1.29, 1.82) is 0 Å². The van der Waals surface area contributed by atoms with Crippen LogP contribution in [0.5, 0.6) is 0 Å². The highest BCUT2D eigenvalue weighted by atomic mass is 16.5. The first-order valence-corrected chi connectivity index (χ1v) is 7.50. The Balaban J connectivity index is 1.42. The maximum Gasteiger partial charge on any atom is 0.0594 e. The first-order valence-electron chi connectivity index (χ1n) is 7.50. The van der Waals surface area contributed by atoms with E-state index in [4.69, 9.17) is 4.74 Å². The lowest BCUT2D eigenvalue weighted by Crippen LogP contribution is -2.37. The molecule has 2 rings (SSSR count). The predicted molar refractivity (Wildman–Crippen MR) is 79.5 cm³/mol. The van der Waals surface area contributed by atoms with E-state index in [0.717, 1.165) is 39.4 Å². The van der Waals surface area contributed by atoms with Crippen LogP contribution in [-0.2, 0) is 11.2 Å². The van der Waals surface area contributed by atoms with Gasteiger partial charge in [0.15, 0.2) is 0 Å². The number of rotatable bonds is 8. The molecule has 19 heavy (non-hydrogen) atoms. The highest BCUT2D eigenvalue weighted by Crippen LogP contribution is 2.01. The average molecular weight is 262 g/mol. The summed E-state index contributed by atoms with van der Waals surface area (Å²) in [5, 5.41) is 3.54. The fourth-order valence-corrected chi connectivity index (χ4v) is 2.44. The smallest absolute Gasteiger partial charge is 0.0594 e. The normalized spacial score (nSPS) is 16.6. The van der Waals surface area contributed by atoms with Crippen LogP contribution in [0.4, 0.5) is 0 Å². The van der Waals surface area contributed by atoms with Gasteiger partial charge in [0.2, 0.25) is 0 Å². The van der Waals surface area contributed by atoms with Crippen LogP contribution in [-0.4, -0.2) is 50.8 Å². The van der Waals surface area contributed by atoms with E-state index in [1.165, 1.54) is 31.4 Å². The Hall–Kier alpha value is -0.900. The lowest BCUT2D eigenvalue weighted by atomic mass is 10.1. The molecule has 0 saturated carbocycles. The first-order chi connectivity index (χ1) is 9.45. The summed E-state index contributed by atoms with van der Waals surface area (Å²) >= 11 is 0. The topological polar surface area (TPSA) is 24.5 Å². The minimum Gasteiger partial charge on any atom is -0.379 e. The van der Waals surface area contributed by atoms with Crippen molar-refractivity contribution >= 4 is 0 Å². The van der Waals surface area contributed by atoms with Gasteiger partial charge < -0.3 is 10.1 Å². The molecule has 1 fully saturated rings. The molecule has 0 aromatic heterocycles. The van der Waals surface area contributed by atoms with Crippen molar-refractivity contribution in [2.75, 3.05) is 45.9 Å². The number of nitrogens with zero attached hydrogens (tertiary/aromatic N) is 1. The van der Waals surface area contributed by atoms with Crippen molar-refractivity contribution in [2.24, 2.45) is 0 Å². The molecule has 0 bridgehead atoms. The van der Waals surface area contributed by atoms with E-state index in [1.807, 2.05) is 0 Å². The van der Waals surface area contributed by atoms with Crippen molar-refractivity contribution in [2.45, 2.75) is 19.3 Å². The van der Waals surface area contributed by atoms with Gasteiger partial charge in [-0.25, -0.2) is 0 Å². The molecular weight excluding hydrogens is 236 g/mol. The van der Waals surface area contributed by atoms with E-state index < -0.39 is 0 Å². The van der Waals surface area contributed by atoms with Crippen molar-refractivity contribution < 1.29 is 4.74 Å². The van der Waals surface area contributed by atoms with Gasteiger partial charge in [-0.3, -0.25) is 4.90 Å². The van der Waals surface area contributed by atoms with Crippen LogP contribution in [0.3, 0.4) is 0 Å². The summed E-state index contributed by atoms with van der Waals surface area (Å²) in [5.74, 6) is 0. The molecule has 0 radical (unpaired) electrons. The summed E-state index contributed by atoms with van der Waals surface area (Å²) in [5.41, 5.74) is 1.44. The van der Waals surface area contributed by atoms with Crippen LogP contribution in [0.25, 0.3) is 0 Å². The van der Waals surface area contributed by atoms with Gasteiger partial charge >= 0.3 is 0 Å². The zero-order valence-electron chi connectivity index (χ0n) is 11.8. The second-order valence-corrected chi connectivity index (χ2v) is 5.15. The molecule has 1 aliphatic rings. The maximum absolute atomic E-state index is 5.34. The van der Waals surface area contributed by atoms with E-state index in [0.29, 0.717) is 0 Å². The summed E-state index contributed by atoms with van der Waals surface area (Å²) in [6.45, 7) is 7.48. The molecule has 1 N–H and O–H groups in total. The quantitative estimate of drug-likeness (QED) is 0.725. The van der Waals surface area contributed by atoms with Crippen LogP contribution in [0.1, 0.15) is 18.4 Å². The second-order valence-electron chi connectivity index (χ2n) is 5.15. The zero-order valence-corrected chi connectivity index (χ0v) is 11.8. The van der Waals surface area contributed by atoms with Gasteiger partial charge in [0.1, 0.15) is 0 Å². The third kappa shape index (κ3) is 6.19. The number of ether oxygens (including phenoxy) is 1. The third-order valence-electron chi connectivity index (χ3n) is 3.59. The lowest BCUT2D eigenvalue weighted by molar-refractivity contribution is 0.0374. The summed E-state index contributed by atoms with van der Waals surface area (Å²) in [7, 11) is 0. The summed E-state index contributed by atoms with van der Waals surface area (Å²) in [6.07, 6.45) is 3.64. The number of morpholine rings is 1. The second kappa shape index (κ2) is 9.08. The minimum atomic E-state index is 0.907. The number of hydrogen-bond donors (Lipinski definition) is 1.